The van der Waals surface area contributed by atoms with Gasteiger partial charge in [0.15, 0.2) is 6.61 Å². The number of ether oxygens (including phenoxy) is 1. The van der Waals surface area contributed by atoms with Crippen molar-refractivity contribution in [3.8, 4) is 0 Å². The van der Waals surface area contributed by atoms with Crippen LogP contribution in [0.5, 0.6) is 0 Å². The van der Waals surface area contributed by atoms with Gasteiger partial charge in [0.1, 0.15) is 11.4 Å². The fourth-order valence-corrected chi connectivity index (χ4v) is 1.78. The Morgan fingerprint density at radius 2 is 2.14 bits per heavy atom. The molecule has 2 rings (SSSR count). The van der Waals surface area contributed by atoms with Gasteiger partial charge in [0.05, 0.1) is 4.92 Å². The van der Waals surface area contributed by atoms with Crippen LogP contribution in [0.25, 0.3) is 0 Å². The molecule has 8 nitrogen and oxygen atoms in total. The van der Waals surface area contributed by atoms with Crippen molar-refractivity contribution >= 4 is 34.9 Å². The Kier molecular flexibility index (Phi) is 4.74. The summed E-state index contributed by atoms with van der Waals surface area (Å²) in [4.78, 5) is 36.1. The molecule has 0 aliphatic rings. The fourth-order valence-electron chi connectivity index (χ4n) is 1.61. The molecule has 2 aromatic rings. The topological polar surface area (TPSA) is 114 Å². The van der Waals surface area contributed by atoms with Gasteiger partial charge >= 0.3 is 5.97 Å². The standard InChI is InChI=1S/C13H10ClN3O5/c14-8-3-4-9(11(6-8)17(20)21)16-12(18)7-22-13(19)10-2-1-5-15-10/h1-6,15H,7H2,(H,16,18). The second-order valence-electron chi connectivity index (χ2n) is 4.13. The number of rotatable bonds is 5. The van der Waals surface area contributed by atoms with Crippen LogP contribution in [0.2, 0.25) is 5.02 Å². The number of H-pyrrole nitrogens is 1. The van der Waals surface area contributed by atoms with E-state index in [0.29, 0.717) is 0 Å². The van der Waals surface area contributed by atoms with Crippen molar-refractivity contribution < 1.29 is 19.2 Å². The number of benzene rings is 1. The molecule has 0 unspecified atom stereocenters. The van der Waals surface area contributed by atoms with Gasteiger partial charge in [-0.25, -0.2) is 4.79 Å². The first kappa shape index (κ1) is 15.5. The molecule has 9 heteroatoms. The second kappa shape index (κ2) is 6.72. The number of hydrogen-bond acceptors (Lipinski definition) is 5. The Balaban J connectivity index is 1.98. The number of amides is 1. The van der Waals surface area contributed by atoms with Crippen LogP contribution in [-0.4, -0.2) is 28.4 Å². The highest BCUT2D eigenvalue weighted by Crippen LogP contribution is 2.27. The summed E-state index contributed by atoms with van der Waals surface area (Å²) in [6.45, 7) is -0.572. The number of carbonyl (C=O) groups is 2. The van der Waals surface area contributed by atoms with E-state index >= 15 is 0 Å². The van der Waals surface area contributed by atoms with E-state index in [0.717, 1.165) is 6.07 Å². The Labute approximate surface area is 129 Å². The summed E-state index contributed by atoms with van der Waals surface area (Å²) in [5, 5.41) is 13.3. The molecule has 1 heterocycles. The van der Waals surface area contributed by atoms with Gasteiger partial charge in [0.2, 0.25) is 0 Å². The van der Waals surface area contributed by atoms with Crippen molar-refractivity contribution in [2.75, 3.05) is 11.9 Å². The minimum Gasteiger partial charge on any atom is -0.451 e. The lowest BCUT2D eigenvalue weighted by Crippen LogP contribution is -2.21. The number of carbonyl (C=O) groups excluding carboxylic acids is 2. The third-order valence-electron chi connectivity index (χ3n) is 2.58. The lowest BCUT2D eigenvalue weighted by atomic mass is 10.2. The van der Waals surface area contributed by atoms with Crippen molar-refractivity contribution in [2.45, 2.75) is 0 Å². The van der Waals surface area contributed by atoms with Crippen molar-refractivity contribution in [3.63, 3.8) is 0 Å². The summed E-state index contributed by atoms with van der Waals surface area (Å²) < 4.78 is 4.77. The average Bonchev–Trinajstić information content (AvgIpc) is 3.00. The van der Waals surface area contributed by atoms with E-state index in [1.165, 1.54) is 24.4 Å². The number of esters is 1. The molecular weight excluding hydrogens is 314 g/mol. The molecule has 0 saturated heterocycles. The highest BCUT2D eigenvalue weighted by atomic mass is 35.5. The lowest BCUT2D eigenvalue weighted by molar-refractivity contribution is -0.383. The lowest BCUT2D eigenvalue weighted by Gasteiger charge is -2.07. The van der Waals surface area contributed by atoms with Crippen molar-refractivity contribution in [2.24, 2.45) is 0 Å². The molecule has 0 spiro atoms. The van der Waals surface area contributed by atoms with Crippen LogP contribution in [-0.2, 0) is 9.53 Å². The summed E-state index contributed by atoms with van der Waals surface area (Å²) in [5.74, 6) is -1.41. The van der Waals surface area contributed by atoms with Crippen molar-refractivity contribution in [1.82, 2.24) is 4.98 Å². The molecule has 0 atom stereocenters. The monoisotopic (exact) mass is 323 g/mol. The molecule has 1 amide bonds. The minimum atomic E-state index is -0.703. The van der Waals surface area contributed by atoms with Gasteiger partial charge in [-0.15, -0.1) is 0 Å². The maximum Gasteiger partial charge on any atom is 0.355 e. The molecule has 0 aliphatic heterocycles. The van der Waals surface area contributed by atoms with E-state index < -0.39 is 23.4 Å². The number of aromatic nitrogens is 1. The fraction of sp³-hybridized carbons (Fsp3) is 0.0769. The molecule has 114 valence electrons. The predicted molar refractivity (Wildman–Crippen MR) is 77.8 cm³/mol. The predicted octanol–water partition coefficient (Wildman–Crippen LogP) is 2.37. The van der Waals surface area contributed by atoms with Gasteiger partial charge < -0.3 is 15.0 Å². The smallest absolute Gasteiger partial charge is 0.355 e. The average molecular weight is 324 g/mol. The minimum absolute atomic E-state index is 0.0321. The van der Waals surface area contributed by atoms with Gasteiger partial charge in [0, 0.05) is 17.3 Å². The third-order valence-corrected chi connectivity index (χ3v) is 2.82. The first-order valence-corrected chi connectivity index (χ1v) is 6.39. The maximum absolute atomic E-state index is 11.7. The van der Waals surface area contributed by atoms with Crippen LogP contribution in [0.15, 0.2) is 36.5 Å². The highest BCUT2D eigenvalue weighted by molar-refractivity contribution is 6.31. The van der Waals surface area contributed by atoms with E-state index in [2.05, 4.69) is 10.3 Å². The van der Waals surface area contributed by atoms with Gasteiger partial charge in [-0.05, 0) is 24.3 Å². The number of nitro groups is 1. The molecule has 22 heavy (non-hydrogen) atoms. The molecule has 0 bridgehead atoms. The summed E-state index contributed by atoms with van der Waals surface area (Å²) in [7, 11) is 0. The SMILES string of the molecule is O=C(COC(=O)c1ccc[nH]1)Nc1ccc(Cl)cc1[N+](=O)[O-]. The molecule has 0 radical (unpaired) electrons. The van der Waals surface area contributed by atoms with Gasteiger partial charge in [-0.3, -0.25) is 14.9 Å². The Hall–Kier alpha value is -2.87. The molecular formula is C13H10ClN3O5. The highest BCUT2D eigenvalue weighted by Gasteiger charge is 2.17. The maximum atomic E-state index is 11.7. The third kappa shape index (κ3) is 3.83. The summed E-state index contributed by atoms with van der Waals surface area (Å²) in [5.41, 5.74) is -0.183. The molecule has 2 N–H and O–H groups in total. The van der Waals surface area contributed by atoms with Crippen LogP contribution >= 0.6 is 11.6 Å². The van der Waals surface area contributed by atoms with E-state index in [-0.39, 0.29) is 22.1 Å². The Morgan fingerprint density at radius 1 is 1.36 bits per heavy atom. The van der Waals surface area contributed by atoms with Gasteiger partial charge in [0.25, 0.3) is 11.6 Å². The number of nitrogens with one attached hydrogen (secondary N) is 2. The first-order chi connectivity index (χ1) is 10.5. The molecule has 0 aliphatic carbocycles. The molecule has 1 aromatic carbocycles. The van der Waals surface area contributed by atoms with E-state index in [9.17, 15) is 19.7 Å². The van der Waals surface area contributed by atoms with Crippen molar-refractivity contribution in [1.29, 1.82) is 0 Å². The quantitative estimate of drug-likeness (QED) is 0.498. The zero-order valence-corrected chi connectivity index (χ0v) is 11.8. The van der Waals surface area contributed by atoms with Crippen LogP contribution in [0.3, 0.4) is 0 Å². The first-order valence-electron chi connectivity index (χ1n) is 6.01. The van der Waals surface area contributed by atoms with E-state index in [1.807, 2.05) is 0 Å². The number of nitrogens with zero attached hydrogens (tertiary/aromatic N) is 1. The number of hydrogen-bond donors (Lipinski definition) is 2. The number of halogens is 1. The Morgan fingerprint density at radius 3 is 2.77 bits per heavy atom. The van der Waals surface area contributed by atoms with Crippen molar-refractivity contribution in [3.05, 3.63) is 57.4 Å². The van der Waals surface area contributed by atoms with Crippen LogP contribution in [0.4, 0.5) is 11.4 Å². The zero-order chi connectivity index (χ0) is 16.1. The molecule has 0 fully saturated rings. The Bertz CT molecular complexity index is 714. The zero-order valence-electron chi connectivity index (χ0n) is 11.0. The summed E-state index contributed by atoms with van der Waals surface area (Å²) >= 11 is 5.67. The van der Waals surface area contributed by atoms with E-state index in [4.69, 9.17) is 16.3 Å². The largest absolute Gasteiger partial charge is 0.451 e. The van der Waals surface area contributed by atoms with Gasteiger partial charge in [-0.1, -0.05) is 11.6 Å². The molecule has 0 saturated carbocycles. The summed E-state index contributed by atoms with van der Waals surface area (Å²) in [6.07, 6.45) is 1.54. The summed E-state index contributed by atoms with van der Waals surface area (Å²) in [6, 6.07) is 6.90. The van der Waals surface area contributed by atoms with Crippen LogP contribution in [0, 0.1) is 10.1 Å². The van der Waals surface area contributed by atoms with Crippen LogP contribution in [0.1, 0.15) is 10.5 Å². The van der Waals surface area contributed by atoms with Gasteiger partial charge in [-0.2, -0.15) is 0 Å². The number of anilines is 1. The normalized spacial score (nSPS) is 10.0. The second-order valence-corrected chi connectivity index (χ2v) is 4.56. The van der Waals surface area contributed by atoms with E-state index in [1.54, 1.807) is 6.07 Å². The van der Waals surface area contributed by atoms with Crippen LogP contribution < -0.4 is 5.32 Å². The molecule has 1 aromatic heterocycles. The number of nitro benzene ring substituents is 1. The number of aromatic amines is 1.